The summed E-state index contributed by atoms with van der Waals surface area (Å²) in [7, 11) is -0.0493. The monoisotopic (exact) mass is 360 g/mol. The van der Waals surface area contributed by atoms with Crippen molar-refractivity contribution in [3.05, 3.63) is 69.7 Å². The fraction of sp³-hybridized carbons (Fsp3) is 0.0769. The Labute approximate surface area is 125 Å². The van der Waals surface area contributed by atoms with Crippen molar-refractivity contribution in [2.45, 2.75) is 4.07 Å². The molecule has 1 nitrogen and oxygen atoms in total. The van der Waals surface area contributed by atoms with Crippen molar-refractivity contribution in [3.8, 4) is 0 Å². The lowest BCUT2D eigenvalue weighted by molar-refractivity contribution is 0.593. The van der Waals surface area contributed by atoms with E-state index in [0.29, 0.717) is 10.0 Å². The van der Waals surface area contributed by atoms with Crippen LogP contribution in [-0.4, -0.2) is 0 Å². The van der Waals surface area contributed by atoms with E-state index in [1.165, 1.54) is 0 Å². The van der Waals surface area contributed by atoms with Crippen LogP contribution in [0.2, 0.25) is 10.0 Å². The Kier molecular flexibility index (Phi) is 4.45. The van der Waals surface area contributed by atoms with Gasteiger partial charge in [0.2, 0.25) is 0 Å². The highest BCUT2D eigenvalue weighted by Crippen LogP contribution is 2.47. The van der Waals surface area contributed by atoms with Gasteiger partial charge in [0.15, 0.2) is 12.5 Å². The molecule has 0 heterocycles. The highest BCUT2D eigenvalue weighted by atomic mass is 79.9. The second kappa shape index (κ2) is 5.71. The molecule has 0 aromatic heterocycles. The average Bonchev–Trinajstić information content (AvgIpc) is 2.39. The Morgan fingerprint density at radius 3 is 1.44 bits per heavy atom. The predicted molar refractivity (Wildman–Crippen MR) is 80.2 cm³/mol. The molecular formula is C13H8BrCl2OP. The molecule has 0 bridgehead atoms. The third-order valence-corrected chi connectivity index (χ3v) is 5.20. The molecule has 0 unspecified atom stereocenters. The van der Waals surface area contributed by atoms with Crippen LogP contribution < -0.4 is 0 Å². The lowest BCUT2D eigenvalue weighted by atomic mass is 10.0. The van der Waals surface area contributed by atoms with E-state index in [4.69, 9.17) is 23.2 Å². The van der Waals surface area contributed by atoms with Crippen LogP contribution in [0.15, 0.2) is 48.5 Å². The Hall–Kier alpha value is -0.400. The fourth-order valence-electron chi connectivity index (χ4n) is 1.61. The molecule has 0 saturated heterocycles. The van der Waals surface area contributed by atoms with Crippen molar-refractivity contribution in [2.75, 3.05) is 0 Å². The van der Waals surface area contributed by atoms with E-state index in [9.17, 15) is 4.57 Å². The summed E-state index contributed by atoms with van der Waals surface area (Å²) in [5, 5.41) is 1.29. The van der Waals surface area contributed by atoms with E-state index in [-0.39, 0.29) is 8.46 Å². The molecule has 0 N–H and O–H groups in total. The summed E-state index contributed by atoms with van der Waals surface area (Å²) in [6.45, 7) is 0. The van der Waals surface area contributed by atoms with Crippen molar-refractivity contribution in [2.24, 2.45) is 0 Å². The molecule has 0 aliphatic rings. The molecule has 0 radical (unpaired) electrons. The minimum absolute atomic E-state index is 0.0493. The first-order chi connectivity index (χ1) is 8.56. The fourth-order valence-corrected chi connectivity index (χ4v) is 2.90. The van der Waals surface area contributed by atoms with Crippen LogP contribution >= 0.6 is 47.6 Å². The van der Waals surface area contributed by atoms with Crippen molar-refractivity contribution >= 4 is 47.6 Å². The topological polar surface area (TPSA) is 17.1 Å². The summed E-state index contributed by atoms with van der Waals surface area (Å²) in [6, 6.07) is 14.5. The third kappa shape index (κ3) is 2.78. The molecule has 0 spiro atoms. The summed E-state index contributed by atoms with van der Waals surface area (Å²) >= 11 is 15.3. The molecule has 0 atom stereocenters. The first kappa shape index (κ1) is 14.0. The van der Waals surface area contributed by atoms with E-state index < -0.39 is 4.07 Å². The van der Waals surface area contributed by atoms with E-state index in [0.717, 1.165) is 11.1 Å². The van der Waals surface area contributed by atoms with Crippen LogP contribution in [0.4, 0.5) is 0 Å². The third-order valence-electron chi connectivity index (χ3n) is 2.58. The minimum Gasteiger partial charge on any atom is -0.273 e. The zero-order valence-electron chi connectivity index (χ0n) is 9.11. The molecule has 2 rings (SSSR count). The lowest BCUT2D eigenvalue weighted by Crippen LogP contribution is -2.11. The highest BCUT2D eigenvalue weighted by molar-refractivity contribution is 9.10. The van der Waals surface area contributed by atoms with Crippen LogP contribution in [0.25, 0.3) is 0 Å². The van der Waals surface area contributed by atoms with Crippen molar-refractivity contribution in [1.82, 2.24) is 0 Å². The number of benzene rings is 2. The lowest BCUT2D eigenvalue weighted by Gasteiger charge is -2.21. The number of halogens is 3. The zero-order chi connectivity index (χ0) is 13.2. The second-order valence-electron chi connectivity index (χ2n) is 3.73. The second-order valence-corrected chi connectivity index (χ2v) is 7.26. The van der Waals surface area contributed by atoms with Gasteiger partial charge in [-0.05, 0) is 35.4 Å². The van der Waals surface area contributed by atoms with Gasteiger partial charge in [-0.25, -0.2) is 0 Å². The summed E-state index contributed by atoms with van der Waals surface area (Å²) < 4.78 is 10.8. The van der Waals surface area contributed by atoms with E-state index in [1.54, 1.807) is 24.3 Å². The van der Waals surface area contributed by atoms with Crippen LogP contribution in [0, 0.1) is 0 Å². The molecular weight excluding hydrogens is 354 g/mol. The van der Waals surface area contributed by atoms with Gasteiger partial charge in [-0.1, -0.05) is 63.4 Å². The van der Waals surface area contributed by atoms with Gasteiger partial charge < -0.3 is 0 Å². The maximum atomic E-state index is 11.6. The molecule has 0 fully saturated rings. The maximum absolute atomic E-state index is 11.6. The first-order valence-corrected chi connectivity index (χ1v) is 7.48. The molecule has 92 valence electrons. The van der Waals surface area contributed by atoms with Crippen LogP contribution in [0.5, 0.6) is 0 Å². The van der Waals surface area contributed by atoms with Gasteiger partial charge in [-0.3, -0.25) is 4.57 Å². The molecule has 2 aromatic rings. The van der Waals surface area contributed by atoms with Crippen molar-refractivity contribution in [1.29, 1.82) is 0 Å². The number of hydrogen-bond acceptors (Lipinski definition) is 1. The SMILES string of the molecule is O=PC(Br)(c1ccc(Cl)cc1)c1ccc(Cl)cc1. The van der Waals surface area contributed by atoms with Crippen LogP contribution in [-0.2, 0) is 8.63 Å². The van der Waals surface area contributed by atoms with Gasteiger partial charge in [-0.15, -0.1) is 0 Å². The molecule has 2 aromatic carbocycles. The van der Waals surface area contributed by atoms with Crippen LogP contribution in [0.3, 0.4) is 0 Å². The predicted octanol–water partition coefficient (Wildman–Crippen LogP) is 5.88. The molecule has 5 heteroatoms. The highest BCUT2D eigenvalue weighted by Gasteiger charge is 2.32. The number of alkyl halides is 1. The van der Waals surface area contributed by atoms with Gasteiger partial charge in [0.05, 0.1) is 0 Å². The molecule has 0 aliphatic carbocycles. The normalized spacial score (nSPS) is 11.7. The standard InChI is InChI=1S/C13H8BrCl2OP/c14-13(18-17,9-1-5-11(15)6-2-9)10-3-7-12(16)8-4-10/h1-8H. The molecule has 0 aliphatic heterocycles. The van der Waals surface area contributed by atoms with Crippen molar-refractivity contribution in [3.63, 3.8) is 0 Å². The van der Waals surface area contributed by atoms with E-state index >= 15 is 0 Å². The smallest absolute Gasteiger partial charge is 0.183 e. The number of rotatable bonds is 3. The minimum atomic E-state index is -0.776. The Morgan fingerprint density at radius 1 is 0.833 bits per heavy atom. The summed E-state index contributed by atoms with van der Waals surface area (Å²) in [5.74, 6) is 0. The van der Waals surface area contributed by atoms with Gasteiger partial charge in [0.1, 0.15) is 0 Å². The largest absolute Gasteiger partial charge is 0.273 e. The Balaban J connectivity index is 2.50. The van der Waals surface area contributed by atoms with Gasteiger partial charge >= 0.3 is 0 Å². The van der Waals surface area contributed by atoms with Crippen molar-refractivity contribution < 1.29 is 4.57 Å². The van der Waals surface area contributed by atoms with Gasteiger partial charge in [-0.2, -0.15) is 0 Å². The molecule has 18 heavy (non-hydrogen) atoms. The van der Waals surface area contributed by atoms with Crippen LogP contribution in [0.1, 0.15) is 11.1 Å². The van der Waals surface area contributed by atoms with Gasteiger partial charge in [0, 0.05) is 10.0 Å². The summed E-state index contributed by atoms with van der Waals surface area (Å²) in [4.78, 5) is 0. The Morgan fingerprint density at radius 2 is 1.17 bits per heavy atom. The van der Waals surface area contributed by atoms with E-state index in [1.807, 2.05) is 24.3 Å². The maximum Gasteiger partial charge on any atom is 0.183 e. The van der Waals surface area contributed by atoms with Gasteiger partial charge in [0.25, 0.3) is 0 Å². The summed E-state index contributed by atoms with van der Waals surface area (Å²) in [6.07, 6.45) is 0. The molecule has 0 saturated carbocycles. The van der Waals surface area contributed by atoms with E-state index in [2.05, 4.69) is 15.9 Å². The Bertz CT molecular complexity index is 509. The first-order valence-electron chi connectivity index (χ1n) is 5.12. The number of hydrogen-bond donors (Lipinski definition) is 0. The zero-order valence-corrected chi connectivity index (χ0v) is 13.1. The molecule has 0 amide bonds. The summed E-state index contributed by atoms with van der Waals surface area (Å²) in [5.41, 5.74) is 1.73. The quantitative estimate of drug-likeness (QED) is 0.492. The average molecular weight is 362 g/mol.